The van der Waals surface area contributed by atoms with Crippen molar-refractivity contribution in [3.63, 3.8) is 0 Å². The van der Waals surface area contributed by atoms with E-state index >= 15 is 0 Å². The molecule has 5 rings (SSSR count). The second kappa shape index (κ2) is 10.8. The third-order valence-electron chi connectivity index (χ3n) is 6.10. The summed E-state index contributed by atoms with van der Waals surface area (Å²) < 4.78 is 25.4. The summed E-state index contributed by atoms with van der Waals surface area (Å²) >= 11 is 1.29. The summed E-state index contributed by atoms with van der Waals surface area (Å²) in [5, 5.41) is 5.24. The van der Waals surface area contributed by atoms with Crippen LogP contribution in [0.25, 0.3) is 32.5 Å². The second-order valence-electron chi connectivity index (χ2n) is 8.43. The molecule has 2 heterocycles. The van der Waals surface area contributed by atoms with E-state index in [9.17, 15) is 14.0 Å². The summed E-state index contributed by atoms with van der Waals surface area (Å²) in [5.41, 5.74) is 3.52. The van der Waals surface area contributed by atoms with Crippen LogP contribution in [0.3, 0.4) is 0 Å². The van der Waals surface area contributed by atoms with Crippen molar-refractivity contribution in [1.29, 1.82) is 0 Å². The summed E-state index contributed by atoms with van der Waals surface area (Å²) in [6.45, 7) is -0.253. The molecule has 0 aliphatic carbocycles. The third kappa shape index (κ3) is 4.99. The Hall–Kier alpha value is -4.56. The average molecular weight is 527 g/mol. The zero-order chi connectivity index (χ0) is 26.6. The van der Waals surface area contributed by atoms with Gasteiger partial charge < -0.3 is 14.8 Å². The van der Waals surface area contributed by atoms with Crippen molar-refractivity contribution in [3.05, 3.63) is 101 Å². The first-order chi connectivity index (χ1) is 18.5. The fraction of sp³-hybridized carbons (Fsp3) is 0.100. The number of Topliss-reactive ketones (excluding diaryl/α,β-unsaturated/α-hetero) is 1. The number of nitrogens with zero attached hydrogens (tertiary/aromatic N) is 1. The maximum atomic E-state index is 14.4. The topological polar surface area (TPSA) is 77.5 Å². The van der Waals surface area contributed by atoms with Gasteiger partial charge in [0, 0.05) is 21.9 Å². The van der Waals surface area contributed by atoms with Gasteiger partial charge in [-0.3, -0.25) is 9.59 Å². The number of fused-ring (bicyclic) bond motifs is 1. The number of carbonyl (C=O) groups excluding carboxylic acids is 2. The molecule has 5 aromatic rings. The maximum Gasteiger partial charge on any atom is 0.251 e. The number of hydrogen-bond acceptors (Lipinski definition) is 6. The van der Waals surface area contributed by atoms with E-state index < -0.39 is 5.91 Å². The van der Waals surface area contributed by atoms with E-state index in [1.165, 1.54) is 31.6 Å². The van der Waals surface area contributed by atoms with E-state index in [-0.39, 0.29) is 23.8 Å². The lowest BCUT2D eigenvalue weighted by molar-refractivity contribution is 0.0902. The average Bonchev–Trinajstić information content (AvgIpc) is 3.41. The summed E-state index contributed by atoms with van der Waals surface area (Å²) in [7, 11) is 2.99. The predicted molar refractivity (Wildman–Crippen MR) is 147 cm³/mol. The lowest BCUT2D eigenvalue weighted by atomic mass is 10.0. The highest BCUT2D eigenvalue weighted by atomic mass is 32.1. The van der Waals surface area contributed by atoms with E-state index in [1.54, 1.807) is 30.3 Å². The number of rotatable bonds is 8. The number of aromatic nitrogens is 1. The van der Waals surface area contributed by atoms with Gasteiger partial charge in [0.25, 0.3) is 5.91 Å². The van der Waals surface area contributed by atoms with Crippen molar-refractivity contribution >= 4 is 33.1 Å². The van der Waals surface area contributed by atoms with Crippen LogP contribution in [0.4, 0.5) is 4.39 Å². The van der Waals surface area contributed by atoms with Crippen LogP contribution in [0, 0.1) is 5.82 Å². The van der Waals surface area contributed by atoms with Crippen molar-refractivity contribution in [2.75, 3.05) is 20.8 Å². The van der Waals surface area contributed by atoms with Crippen LogP contribution in [0.1, 0.15) is 20.8 Å². The van der Waals surface area contributed by atoms with Gasteiger partial charge in [-0.1, -0.05) is 42.5 Å². The highest BCUT2D eigenvalue weighted by Gasteiger charge is 2.18. The summed E-state index contributed by atoms with van der Waals surface area (Å²) in [4.78, 5) is 30.6. The Kier molecular flexibility index (Phi) is 7.15. The zero-order valence-corrected chi connectivity index (χ0v) is 21.5. The molecule has 1 N–H and O–H groups in total. The number of methoxy groups -OCH3 is 2. The van der Waals surface area contributed by atoms with Gasteiger partial charge in [0.1, 0.15) is 11.5 Å². The SMILES string of the molecule is COc1ccc(C(=O)NCC(=O)c2cc(-c3ccccc3)cc(-c3csc4c(F)cccc34)n2)cc1OC. The second-order valence-corrected chi connectivity index (χ2v) is 9.31. The Labute approximate surface area is 222 Å². The Morgan fingerprint density at radius 2 is 1.68 bits per heavy atom. The van der Waals surface area contributed by atoms with E-state index in [0.29, 0.717) is 27.5 Å². The van der Waals surface area contributed by atoms with Crippen molar-refractivity contribution in [2.24, 2.45) is 0 Å². The summed E-state index contributed by atoms with van der Waals surface area (Å²) in [5.74, 6) is -0.183. The van der Waals surface area contributed by atoms with Crippen LogP contribution >= 0.6 is 11.3 Å². The molecule has 0 saturated heterocycles. The van der Waals surface area contributed by atoms with Gasteiger partial charge in [-0.15, -0.1) is 11.3 Å². The number of hydrogen-bond donors (Lipinski definition) is 1. The van der Waals surface area contributed by atoms with E-state index in [4.69, 9.17) is 9.47 Å². The zero-order valence-electron chi connectivity index (χ0n) is 20.7. The number of ketones is 1. The number of carbonyl (C=O) groups is 2. The standard InChI is InChI=1S/C30H23FN2O4S/c1-36-27-12-11-19(15-28(27)37-2)30(35)32-16-26(34)25-14-20(18-7-4-3-5-8-18)13-24(33-25)22-17-38-29-21(22)9-6-10-23(29)31/h3-15,17H,16H2,1-2H3,(H,32,35). The summed E-state index contributed by atoms with van der Waals surface area (Å²) in [6.07, 6.45) is 0. The number of amides is 1. The molecule has 0 radical (unpaired) electrons. The van der Waals surface area contributed by atoms with E-state index in [1.807, 2.05) is 47.8 Å². The van der Waals surface area contributed by atoms with Crippen LogP contribution in [0.15, 0.2) is 84.2 Å². The Morgan fingerprint density at radius 3 is 2.45 bits per heavy atom. The molecule has 0 aliphatic rings. The smallest absolute Gasteiger partial charge is 0.251 e. The predicted octanol–water partition coefficient (Wildman–Crippen LogP) is 6.40. The number of ether oxygens (including phenoxy) is 2. The van der Waals surface area contributed by atoms with Crippen LogP contribution in [-0.4, -0.2) is 37.4 Å². The molecule has 0 aliphatic heterocycles. The van der Waals surface area contributed by atoms with Gasteiger partial charge in [-0.05, 0) is 47.5 Å². The number of halogens is 1. The Balaban J connectivity index is 1.46. The summed E-state index contributed by atoms with van der Waals surface area (Å²) in [6, 6.07) is 22.9. The van der Waals surface area contributed by atoms with Crippen LogP contribution in [0.2, 0.25) is 0 Å². The van der Waals surface area contributed by atoms with Gasteiger partial charge in [-0.2, -0.15) is 0 Å². The molecule has 38 heavy (non-hydrogen) atoms. The molecule has 1 amide bonds. The highest BCUT2D eigenvalue weighted by Crippen LogP contribution is 2.36. The fourth-order valence-corrected chi connectivity index (χ4v) is 5.13. The lowest BCUT2D eigenvalue weighted by Crippen LogP contribution is -2.30. The van der Waals surface area contributed by atoms with E-state index in [2.05, 4.69) is 10.3 Å². The van der Waals surface area contributed by atoms with Gasteiger partial charge in [-0.25, -0.2) is 9.37 Å². The fourth-order valence-electron chi connectivity index (χ4n) is 4.16. The minimum absolute atomic E-state index is 0.199. The molecule has 0 saturated carbocycles. The normalized spacial score (nSPS) is 10.8. The van der Waals surface area contributed by atoms with Crippen LogP contribution < -0.4 is 14.8 Å². The molecule has 0 atom stereocenters. The number of nitrogens with one attached hydrogen (secondary N) is 1. The van der Waals surface area contributed by atoms with Gasteiger partial charge in [0.2, 0.25) is 0 Å². The number of thiophene rings is 1. The Bertz CT molecular complexity index is 1650. The number of benzene rings is 3. The molecule has 6 nitrogen and oxygen atoms in total. The molecule has 0 fully saturated rings. The van der Waals surface area contributed by atoms with Crippen molar-refractivity contribution < 1.29 is 23.5 Å². The molecular weight excluding hydrogens is 503 g/mol. The number of pyridine rings is 1. The third-order valence-corrected chi connectivity index (χ3v) is 7.11. The first kappa shape index (κ1) is 25.1. The lowest BCUT2D eigenvalue weighted by Gasteiger charge is -2.11. The Morgan fingerprint density at radius 1 is 0.895 bits per heavy atom. The van der Waals surface area contributed by atoms with Crippen molar-refractivity contribution in [3.8, 4) is 33.9 Å². The quantitative estimate of drug-likeness (QED) is 0.237. The van der Waals surface area contributed by atoms with Gasteiger partial charge >= 0.3 is 0 Å². The molecule has 0 bridgehead atoms. The van der Waals surface area contributed by atoms with Crippen molar-refractivity contribution in [1.82, 2.24) is 10.3 Å². The van der Waals surface area contributed by atoms with Gasteiger partial charge in [0.15, 0.2) is 17.3 Å². The van der Waals surface area contributed by atoms with Crippen LogP contribution in [-0.2, 0) is 0 Å². The van der Waals surface area contributed by atoms with Crippen molar-refractivity contribution in [2.45, 2.75) is 0 Å². The molecule has 8 heteroatoms. The highest BCUT2D eigenvalue weighted by molar-refractivity contribution is 7.17. The molecule has 0 unspecified atom stereocenters. The molecule has 0 spiro atoms. The van der Waals surface area contributed by atoms with Gasteiger partial charge in [0.05, 0.1) is 31.2 Å². The first-order valence-corrected chi connectivity index (χ1v) is 12.6. The molecular formula is C30H23FN2O4S. The largest absolute Gasteiger partial charge is 0.493 e. The maximum absolute atomic E-state index is 14.4. The minimum atomic E-state index is -0.432. The minimum Gasteiger partial charge on any atom is -0.493 e. The van der Waals surface area contributed by atoms with Crippen LogP contribution in [0.5, 0.6) is 11.5 Å². The molecule has 3 aromatic carbocycles. The molecule has 2 aromatic heterocycles. The molecule has 190 valence electrons. The first-order valence-electron chi connectivity index (χ1n) is 11.8. The monoisotopic (exact) mass is 526 g/mol. The van der Waals surface area contributed by atoms with E-state index in [0.717, 1.165) is 22.1 Å².